The van der Waals surface area contributed by atoms with Crippen molar-refractivity contribution < 1.29 is 31.2 Å². The minimum absolute atomic E-state index is 0.00886. The zero-order valence-electron chi connectivity index (χ0n) is 21.2. The summed E-state index contributed by atoms with van der Waals surface area (Å²) in [4.78, 5) is 33.6. The predicted octanol–water partition coefficient (Wildman–Crippen LogP) is 1.49. The Hall–Kier alpha value is -3.92. The molecule has 2 aromatic carbocycles. The zero-order chi connectivity index (χ0) is 28.3. The average Bonchev–Trinajstić information content (AvgIpc) is 2.88. The molecular formula is C23H26N6O7S2. The van der Waals surface area contributed by atoms with E-state index in [4.69, 9.17) is 4.74 Å². The summed E-state index contributed by atoms with van der Waals surface area (Å²) in [5.41, 5.74) is 0.311. The molecule has 202 valence electrons. The lowest BCUT2D eigenvalue weighted by Crippen LogP contribution is -2.22. The Morgan fingerprint density at radius 3 is 1.53 bits per heavy atom. The van der Waals surface area contributed by atoms with E-state index in [0.29, 0.717) is 0 Å². The van der Waals surface area contributed by atoms with Crippen molar-refractivity contribution in [3.05, 3.63) is 65.7 Å². The van der Waals surface area contributed by atoms with E-state index < -0.39 is 31.9 Å². The number of sulfonamides is 2. The molecule has 0 atom stereocenters. The molecule has 3 rings (SSSR count). The summed E-state index contributed by atoms with van der Waals surface area (Å²) >= 11 is 0. The fourth-order valence-corrected chi connectivity index (χ4v) is 4.79. The highest BCUT2D eigenvalue weighted by Crippen LogP contribution is 2.20. The average molecular weight is 563 g/mol. The molecule has 0 bridgehead atoms. The van der Waals surface area contributed by atoms with Gasteiger partial charge in [0.1, 0.15) is 5.82 Å². The van der Waals surface area contributed by atoms with Crippen LogP contribution in [0.1, 0.15) is 20.7 Å². The van der Waals surface area contributed by atoms with Gasteiger partial charge in [0.05, 0.1) is 16.9 Å². The first kappa shape index (κ1) is 28.6. The molecule has 2 amide bonds. The monoisotopic (exact) mass is 562 g/mol. The number of methoxy groups -OCH3 is 1. The van der Waals surface area contributed by atoms with Crippen LogP contribution >= 0.6 is 0 Å². The van der Waals surface area contributed by atoms with E-state index in [1.165, 1.54) is 89.9 Å². The van der Waals surface area contributed by atoms with Gasteiger partial charge in [-0.05, 0) is 48.5 Å². The summed E-state index contributed by atoms with van der Waals surface area (Å²) < 4.78 is 56.1. The molecule has 2 N–H and O–H groups in total. The largest absolute Gasteiger partial charge is 0.481 e. The van der Waals surface area contributed by atoms with Crippen molar-refractivity contribution in [1.29, 1.82) is 0 Å². The van der Waals surface area contributed by atoms with Gasteiger partial charge in [0.15, 0.2) is 0 Å². The lowest BCUT2D eigenvalue weighted by Gasteiger charge is -2.12. The highest BCUT2D eigenvalue weighted by Gasteiger charge is 2.20. The highest BCUT2D eigenvalue weighted by atomic mass is 32.2. The minimum atomic E-state index is -3.65. The molecule has 0 radical (unpaired) electrons. The summed E-state index contributed by atoms with van der Waals surface area (Å²) in [6.07, 6.45) is 0. The Balaban J connectivity index is 1.78. The number of nitrogens with zero attached hydrogens (tertiary/aromatic N) is 4. The molecule has 0 saturated carbocycles. The Bertz CT molecular complexity index is 1440. The number of rotatable bonds is 9. The van der Waals surface area contributed by atoms with Gasteiger partial charge >= 0.3 is 0 Å². The molecule has 13 nitrogen and oxygen atoms in total. The van der Waals surface area contributed by atoms with Crippen molar-refractivity contribution in [1.82, 2.24) is 18.6 Å². The summed E-state index contributed by atoms with van der Waals surface area (Å²) in [7, 11) is -0.356. The Morgan fingerprint density at radius 1 is 0.711 bits per heavy atom. The quantitative estimate of drug-likeness (QED) is 0.392. The van der Waals surface area contributed by atoms with Crippen molar-refractivity contribution in [2.75, 3.05) is 45.9 Å². The van der Waals surface area contributed by atoms with Crippen LogP contribution in [-0.4, -0.2) is 82.5 Å². The fraction of sp³-hybridized carbons (Fsp3) is 0.217. The first-order valence-electron chi connectivity index (χ1n) is 10.9. The maximum Gasteiger partial charge on any atom is 0.258 e. The van der Waals surface area contributed by atoms with Gasteiger partial charge in [0, 0.05) is 45.4 Å². The van der Waals surface area contributed by atoms with Crippen LogP contribution in [0.4, 0.5) is 11.8 Å². The molecule has 3 aromatic rings. The fourth-order valence-electron chi connectivity index (χ4n) is 2.99. The van der Waals surface area contributed by atoms with Crippen molar-refractivity contribution in [2.45, 2.75) is 9.79 Å². The smallest absolute Gasteiger partial charge is 0.258 e. The Morgan fingerprint density at radius 2 is 1.13 bits per heavy atom. The molecule has 15 heteroatoms. The van der Waals surface area contributed by atoms with Gasteiger partial charge in [-0.2, -0.15) is 9.97 Å². The summed E-state index contributed by atoms with van der Waals surface area (Å²) in [6.45, 7) is 0. The van der Waals surface area contributed by atoms with Crippen molar-refractivity contribution in [3.63, 3.8) is 0 Å². The minimum Gasteiger partial charge on any atom is -0.481 e. The summed E-state index contributed by atoms with van der Waals surface area (Å²) in [6, 6.07) is 12.0. The maximum absolute atomic E-state index is 12.7. The van der Waals surface area contributed by atoms with Crippen LogP contribution in [0.5, 0.6) is 5.88 Å². The van der Waals surface area contributed by atoms with Crippen LogP contribution in [0.3, 0.4) is 0 Å². The third-order valence-corrected chi connectivity index (χ3v) is 8.83. The molecule has 0 aliphatic rings. The van der Waals surface area contributed by atoms with E-state index >= 15 is 0 Å². The van der Waals surface area contributed by atoms with Crippen molar-refractivity contribution in [3.8, 4) is 5.88 Å². The summed E-state index contributed by atoms with van der Waals surface area (Å²) in [5, 5.41) is 5.03. The molecule has 0 aliphatic heterocycles. The van der Waals surface area contributed by atoms with E-state index in [-0.39, 0.29) is 38.6 Å². The SMILES string of the molecule is COc1cc(NC(=O)c2ccc(S(=O)(=O)N(C)C)cc2)nc(NC(=O)c2ccc(S(=O)(=O)N(C)C)cc2)n1. The van der Waals surface area contributed by atoms with Crippen LogP contribution in [0.25, 0.3) is 0 Å². The lowest BCUT2D eigenvalue weighted by atomic mass is 10.2. The van der Waals surface area contributed by atoms with Gasteiger partial charge in [0.2, 0.25) is 31.9 Å². The van der Waals surface area contributed by atoms with Gasteiger partial charge in [-0.1, -0.05) is 0 Å². The van der Waals surface area contributed by atoms with Crippen LogP contribution in [0.15, 0.2) is 64.4 Å². The third-order valence-electron chi connectivity index (χ3n) is 5.17. The first-order valence-corrected chi connectivity index (χ1v) is 13.7. The van der Waals surface area contributed by atoms with E-state index in [9.17, 15) is 26.4 Å². The third kappa shape index (κ3) is 6.31. The Kier molecular flexibility index (Phi) is 8.46. The standard InChI is InChI=1S/C23H26N6O7S2/c1-28(2)37(32,33)17-10-6-15(7-11-17)21(30)24-19-14-20(36-5)26-23(25-19)27-22(31)16-8-12-18(13-9-16)38(34,35)29(3)4/h6-14H,1-5H3,(H2,24,25,26,27,30,31). The molecule has 38 heavy (non-hydrogen) atoms. The van der Waals surface area contributed by atoms with Gasteiger partial charge in [0.25, 0.3) is 11.8 Å². The van der Waals surface area contributed by atoms with Crippen LogP contribution in [-0.2, 0) is 20.0 Å². The van der Waals surface area contributed by atoms with E-state index in [1.54, 1.807) is 0 Å². The van der Waals surface area contributed by atoms with Crippen molar-refractivity contribution in [2.24, 2.45) is 0 Å². The summed E-state index contributed by atoms with van der Waals surface area (Å²) in [5.74, 6) is -1.33. The van der Waals surface area contributed by atoms with E-state index in [1.807, 2.05) is 0 Å². The zero-order valence-corrected chi connectivity index (χ0v) is 22.8. The van der Waals surface area contributed by atoms with Gasteiger partial charge in [-0.25, -0.2) is 25.4 Å². The number of aromatic nitrogens is 2. The number of hydrogen-bond acceptors (Lipinski definition) is 9. The predicted molar refractivity (Wildman–Crippen MR) is 139 cm³/mol. The molecule has 1 heterocycles. The normalized spacial score (nSPS) is 11.9. The number of nitrogens with one attached hydrogen (secondary N) is 2. The second-order valence-corrected chi connectivity index (χ2v) is 12.5. The maximum atomic E-state index is 12.7. The molecule has 0 saturated heterocycles. The first-order chi connectivity index (χ1) is 17.7. The molecule has 1 aromatic heterocycles. The van der Waals surface area contributed by atoms with Crippen LogP contribution in [0.2, 0.25) is 0 Å². The number of anilines is 2. The topological polar surface area (TPSA) is 168 Å². The lowest BCUT2D eigenvalue weighted by molar-refractivity contribution is 0.101. The molecule has 0 fully saturated rings. The number of hydrogen-bond donors (Lipinski definition) is 2. The van der Waals surface area contributed by atoms with Gasteiger partial charge < -0.3 is 10.1 Å². The molecule has 0 aliphatic carbocycles. The van der Waals surface area contributed by atoms with Crippen molar-refractivity contribution >= 4 is 43.6 Å². The van der Waals surface area contributed by atoms with E-state index in [2.05, 4.69) is 20.6 Å². The number of amides is 2. The van der Waals surface area contributed by atoms with Gasteiger partial charge in [-0.15, -0.1) is 0 Å². The number of carbonyl (C=O) groups excluding carboxylic acids is 2. The second kappa shape index (κ2) is 11.2. The van der Waals surface area contributed by atoms with Crippen LogP contribution < -0.4 is 15.4 Å². The molecule has 0 unspecified atom stereocenters. The second-order valence-electron chi connectivity index (χ2n) is 8.15. The van der Waals surface area contributed by atoms with Crippen LogP contribution in [0, 0.1) is 0 Å². The highest BCUT2D eigenvalue weighted by molar-refractivity contribution is 7.89. The van der Waals surface area contributed by atoms with E-state index in [0.717, 1.165) is 8.61 Å². The Labute approximate surface area is 220 Å². The number of carbonyl (C=O) groups is 2. The van der Waals surface area contributed by atoms with Gasteiger partial charge in [-0.3, -0.25) is 14.9 Å². The number of ether oxygens (including phenoxy) is 1. The number of benzene rings is 2. The molecule has 0 spiro atoms. The molecular weight excluding hydrogens is 536 g/mol.